The predicted octanol–water partition coefficient (Wildman–Crippen LogP) is 8.05. The molecule has 6 rings (SSSR count). The Bertz CT molecular complexity index is 1460. The van der Waals surface area contributed by atoms with Crippen LogP contribution in [0.2, 0.25) is 0 Å². The summed E-state index contributed by atoms with van der Waals surface area (Å²) in [6, 6.07) is 31.4. The van der Waals surface area contributed by atoms with Crippen molar-refractivity contribution in [2.24, 2.45) is 0 Å². The van der Waals surface area contributed by atoms with Crippen LogP contribution in [0.25, 0.3) is 45.3 Å². The topological polar surface area (TPSA) is 64.5 Å². The van der Waals surface area contributed by atoms with E-state index < -0.39 is 0 Å². The molecule has 205 valence electrons. The van der Waals surface area contributed by atoms with Crippen LogP contribution in [0.4, 0.5) is 0 Å². The van der Waals surface area contributed by atoms with Crippen molar-refractivity contribution < 1.29 is 20.1 Å². The Hall–Kier alpha value is -4.38. The number of rotatable bonds is 4. The quantitative estimate of drug-likeness (QED) is 0.173. The van der Waals surface area contributed by atoms with Gasteiger partial charge in [-0.15, -0.1) is 23.3 Å². The molecule has 5 heterocycles. The van der Waals surface area contributed by atoms with Crippen molar-refractivity contribution >= 4 is 0 Å². The molecule has 0 fully saturated rings. The zero-order valence-corrected chi connectivity index (χ0v) is 25.9. The van der Waals surface area contributed by atoms with Gasteiger partial charge in [0.15, 0.2) is 0 Å². The number of aromatic nitrogens is 5. The molecule has 0 bridgehead atoms. The third kappa shape index (κ3) is 7.04. The molecule has 1 radical (unpaired) electrons. The Morgan fingerprint density at radius 2 is 0.780 bits per heavy atom. The first-order valence-corrected chi connectivity index (χ1v) is 13.2. The van der Waals surface area contributed by atoms with E-state index in [2.05, 4.69) is 65.8 Å². The van der Waals surface area contributed by atoms with Gasteiger partial charge in [0.1, 0.15) is 0 Å². The number of benzene rings is 1. The zero-order chi connectivity index (χ0) is 27.9. The van der Waals surface area contributed by atoms with Crippen LogP contribution < -0.4 is 0 Å². The van der Waals surface area contributed by atoms with E-state index in [1.165, 1.54) is 11.1 Å². The molecular formula is C35H30IrN5-. The van der Waals surface area contributed by atoms with Crippen LogP contribution in [0, 0.1) is 33.8 Å². The van der Waals surface area contributed by atoms with Gasteiger partial charge in [0.25, 0.3) is 0 Å². The van der Waals surface area contributed by atoms with E-state index in [1.54, 1.807) is 12.4 Å². The summed E-state index contributed by atoms with van der Waals surface area (Å²) in [7, 11) is 0. The van der Waals surface area contributed by atoms with Crippen LogP contribution in [-0.4, -0.2) is 24.9 Å². The first kappa shape index (κ1) is 29.6. The molecule has 5 aromatic heterocycles. The van der Waals surface area contributed by atoms with Crippen molar-refractivity contribution in [1.82, 2.24) is 24.9 Å². The van der Waals surface area contributed by atoms with Gasteiger partial charge in [-0.05, 0) is 61.4 Å². The molecule has 0 aliphatic rings. The Morgan fingerprint density at radius 1 is 0.439 bits per heavy atom. The van der Waals surface area contributed by atoms with Crippen molar-refractivity contribution in [2.75, 3.05) is 0 Å². The SMILES string of the molecule is Cc1cc(C)c(-c2ccccn2)[c-]c1-c1ccccn1.Cc1cc(C)c(-c2ccccn2)nc1-c1ccccn1.[Ir]. The number of hydrogen-bond acceptors (Lipinski definition) is 5. The largest absolute Gasteiger partial charge is 0.295 e. The number of hydrogen-bond donors (Lipinski definition) is 0. The Morgan fingerprint density at radius 3 is 1.12 bits per heavy atom. The van der Waals surface area contributed by atoms with E-state index >= 15 is 0 Å². The minimum atomic E-state index is 0. The molecule has 0 aliphatic heterocycles. The minimum absolute atomic E-state index is 0. The average molecular weight is 713 g/mol. The predicted molar refractivity (Wildman–Crippen MR) is 161 cm³/mol. The Kier molecular flexibility index (Phi) is 9.96. The van der Waals surface area contributed by atoms with E-state index in [-0.39, 0.29) is 20.1 Å². The second kappa shape index (κ2) is 13.8. The molecule has 0 saturated heterocycles. The van der Waals surface area contributed by atoms with E-state index in [0.29, 0.717) is 0 Å². The van der Waals surface area contributed by atoms with Gasteiger partial charge in [-0.1, -0.05) is 67.4 Å². The first-order chi connectivity index (χ1) is 19.5. The average Bonchev–Trinajstić information content (AvgIpc) is 2.99. The van der Waals surface area contributed by atoms with Gasteiger partial charge in [0, 0.05) is 56.3 Å². The van der Waals surface area contributed by atoms with Crippen molar-refractivity contribution in [2.45, 2.75) is 27.7 Å². The van der Waals surface area contributed by atoms with E-state index in [1.807, 2.05) is 85.2 Å². The van der Waals surface area contributed by atoms with E-state index in [4.69, 9.17) is 4.98 Å². The van der Waals surface area contributed by atoms with Crippen LogP contribution in [0.3, 0.4) is 0 Å². The van der Waals surface area contributed by atoms with Gasteiger partial charge < -0.3 is 0 Å². The number of pyridine rings is 5. The third-order valence-corrected chi connectivity index (χ3v) is 6.53. The van der Waals surface area contributed by atoms with Gasteiger partial charge in [-0.3, -0.25) is 19.9 Å². The van der Waals surface area contributed by atoms with Crippen LogP contribution in [0.5, 0.6) is 0 Å². The van der Waals surface area contributed by atoms with E-state index in [0.717, 1.165) is 56.4 Å². The molecule has 0 unspecified atom stereocenters. The summed E-state index contributed by atoms with van der Waals surface area (Å²) in [6.07, 6.45) is 7.19. The molecule has 0 saturated carbocycles. The summed E-state index contributed by atoms with van der Waals surface area (Å²) >= 11 is 0. The smallest absolute Gasteiger partial charge is 0.0923 e. The first-order valence-electron chi connectivity index (χ1n) is 13.2. The molecule has 6 heteroatoms. The van der Waals surface area contributed by atoms with Crippen LogP contribution in [-0.2, 0) is 20.1 Å². The maximum Gasteiger partial charge on any atom is 0.0923 e. The van der Waals surface area contributed by atoms with Crippen LogP contribution >= 0.6 is 0 Å². The molecule has 0 spiro atoms. The van der Waals surface area contributed by atoms with Crippen LogP contribution in [0.1, 0.15) is 22.3 Å². The van der Waals surface area contributed by atoms with Crippen molar-refractivity contribution in [1.29, 1.82) is 0 Å². The summed E-state index contributed by atoms with van der Waals surface area (Å²) in [4.78, 5) is 22.4. The Balaban J connectivity index is 0.000000184. The molecule has 1 aromatic carbocycles. The molecule has 0 aliphatic carbocycles. The van der Waals surface area contributed by atoms with Crippen molar-refractivity contribution in [3.05, 3.63) is 138 Å². The maximum atomic E-state index is 4.79. The van der Waals surface area contributed by atoms with Crippen LogP contribution in [0.15, 0.2) is 110 Å². The van der Waals surface area contributed by atoms with E-state index in [9.17, 15) is 0 Å². The summed E-state index contributed by atoms with van der Waals surface area (Å²) in [5.41, 5.74) is 12.2. The standard InChI is InChI=1S/C18H15N2.C17H15N3.Ir/c1-13-11-14(2)16(18-8-4-6-10-20-18)12-15(13)17-7-3-5-9-19-17;1-12-11-13(2)17(15-8-4-6-10-19-15)20-16(12)14-7-3-5-9-18-14;/h2*3-11H,1-2H3;/q-1;;. The van der Waals surface area contributed by atoms with Crippen molar-refractivity contribution in [3.8, 4) is 45.3 Å². The Labute approximate surface area is 255 Å². The summed E-state index contributed by atoms with van der Waals surface area (Å²) in [5, 5.41) is 0. The summed E-state index contributed by atoms with van der Waals surface area (Å²) in [6.45, 7) is 8.31. The second-order valence-corrected chi connectivity index (χ2v) is 9.56. The fourth-order valence-corrected chi connectivity index (χ4v) is 4.62. The molecular weight excluding hydrogens is 683 g/mol. The monoisotopic (exact) mass is 713 g/mol. The summed E-state index contributed by atoms with van der Waals surface area (Å²) < 4.78 is 0. The second-order valence-electron chi connectivity index (χ2n) is 9.56. The maximum absolute atomic E-state index is 4.79. The van der Waals surface area contributed by atoms with Gasteiger partial charge in [-0.25, -0.2) is 4.98 Å². The molecule has 6 aromatic rings. The molecule has 0 amide bonds. The van der Waals surface area contributed by atoms with Gasteiger partial charge in [0.2, 0.25) is 0 Å². The zero-order valence-electron chi connectivity index (χ0n) is 23.5. The van der Waals surface area contributed by atoms with Gasteiger partial charge >= 0.3 is 0 Å². The normalized spacial score (nSPS) is 10.2. The number of aryl methyl sites for hydroxylation is 4. The van der Waals surface area contributed by atoms with Gasteiger partial charge in [-0.2, -0.15) is 0 Å². The molecule has 0 N–H and O–H groups in total. The fourth-order valence-electron chi connectivity index (χ4n) is 4.62. The number of nitrogens with zero attached hydrogens (tertiary/aromatic N) is 5. The fraction of sp³-hybridized carbons (Fsp3) is 0.114. The third-order valence-electron chi connectivity index (χ3n) is 6.53. The molecule has 41 heavy (non-hydrogen) atoms. The van der Waals surface area contributed by atoms with Gasteiger partial charge in [0.05, 0.1) is 22.8 Å². The van der Waals surface area contributed by atoms with Crippen molar-refractivity contribution in [3.63, 3.8) is 0 Å². The summed E-state index contributed by atoms with van der Waals surface area (Å²) in [5.74, 6) is 0. The minimum Gasteiger partial charge on any atom is -0.295 e. The molecule has 5 nitrogen and oxygen atoms in total. The molecule has 0 atom stereocenters.